The van der Waals surface area contributed by atoms with Crippen molar-refractivity contribution in [3.05, 3.63) is 53.6 Å². The maximum absolute atomic E-state index is 14.3. The van der Waals surface area contributed by atoms with Crippen LogP contribution in [0, 0.1) is 11.6 Å². The van der Waals surface area contributed by atoms with Crippen LogP contribution in [-0.2, 0) is 29.5 Å². The Morgan fingerprint density at radius 2 is 1.61 bits per heavy atom. The molecule has 1 N–H and O–H groups in total. The van der Waals surface area contributed by atoms with Gasteiger partial charge < -0.3 is 9.47 Å². The number of benzene rings is 2. The minimum atomic E-state index is -4.59. The molecule has 31 heavy (non-hydrogen) atoms. The van der Waals surface area contributed by atoms with Gasteiger partial charge in [0.05, 0.1) is 31.6 Å². The molecule has 0 aliphatic carbocycles. The lowest BCUT2D eigenvalue weighted by atomic mass is 10.2. The fourth-order valence-corrected chi connectivity index (χ4v) is 5.51. The number of ether oxygens (including phenoxy) is 2. The molecule has 3 rings (SSSR count). The molecule has 2 aromatic rings. The van der Waals surface area contributed by atoms with E-state index in [4.69, 9.17) is 4.74 Å². The zero-order valence-electron chi connectivity index (χ0n) is 16.2. The number of anilines is 1. The Labute approximate surface area is 177 Å². The highest BCUT2D eigenvalue weighted by Crippen LogP contribution is 2.26. The van der Waals surface area contributed by atoms with Gasteiger partial charge in [0.1, 0.15) is 21.4 Å². The van der Waals surface area contributed by atoms with Crippen molar-refractivity contribution < 1.29 is 39.9 Å². The fourth-order valence-electron chi connectivity index (χ4n) is 2.85. The van der Waals surface area contributed by atoms with Crippen LogP contribution in [0.5, 0.6) is 0 Å². The predicted octanol–water partition coefficient (Wildman–Crippen LogP) is 1.57. The Hall–Kier alpha value is -2.61. The topological polar surface area (TPSA) is 119 Å². The lowest BCUT2D eigenvalue weighted by molar-refractivity contribution is 0.0600. The molecule has 1 aliphatic rings. The Morgan fingerprint density at radius 3 is 2.26 bits per heavy atom. The van der Waals surface area contributed by atoms with Gasteiger partial charge in [-0.1, -0.05) is 0 Å². The number of morpholine rings is 1. The summed E-state index contributed by atoms with van der Waals surface area (Å²) in [5.41, 5.74) is -0.518. The number of halogens is 2. The van der Waals surface area contributed by atoms with Crippen LogP contribution < -0.4 is 4.72 Å². The van der Waals surface area contributed by atoms with Gasteiger partial charge in [-0.3, -0.25) is 4.72 Å². The molecule has 1 aliphatic heterocycles. The van der Waals surface area contributed by atoms with E-state index in [0.717, 1.165) is 47.8 Å². The first kappa shape index (κ1) is 23.1. The van der Waals surface area contributed by atoms with E-state index in [0.29, 0.717) is 0 Å². The van der Waals surface area contributed by atoms with Crippen LogP contribution >= 0.6 is 0 Å². The van der Waals surface area contributed by atoms with E-state index >= 15 is 0 Å². The summed E-state index contributed by atoms with van der Waals surface area (Å²) in [4.78, 5) is 10.0. The minimum Gasteiger partial charge on any atom is -0.465 e. The maximum Gasteiger partial charge on any atom is 0.337 e. The van der Waals surface area contributed by atoms with Crippen LogP contribution in [0.15, 0.2) is 46.2 Å². The normalized spacial score (nSPS) is 15.5. The van der Waals surface area contributed by atoms with Crippen molar-refractivity contribution in [3.63, 3.8) is 0 Å². The lowest BCUT2D eigenvalue weighted by Crippen LogP contribution is -2.40. The number of carbonyl (C=O) groups excluding carboxylic acids is 1. The monoisotopic (exact) mass is 476 g/mol. The van der Waals surface area contributed by atoms with Gasteiger partial charge >= 0.3 is 5.97 Å². The SMILES string of the molecule is COC(=O)c1ccc(F)c(S(=O)(=O)Nc2ccc(F)c(S(=O)(=O)N3CCOCC3)c2)c1. The predicted molar refractivity (Wildman–Crippen MR) is 105 cm³/mol. The number of esters is 1. The molecule has 0 saturated carbocycles. The van der Waals surface area contributed by atoms with Gasteiger partial charge in [-0.05, 0) is 36.4 Å². The van der Waals surface area contributed by atoms with Crippen molar-refractivity contribution in [1.82, 2.24) is 4.31 Å². The number of sulfonamides is 2. The molecule has 2 aromatic carbocycles. The number of hydrogen-bond donors (Lipinski definition) is 1. The summed E-state index contributed by atoms with van der Waals surface area (Å²) in [6, 6.07) is 5.18. The molecule has 1 heterocycles. The molecule has 9 nitrogen and oxygen atoms in total. The third kappa shape index (κ3) is 4.84. The molecule has 0 amide bonds. The zero-order chi connectivity index (χ0) is 22.8. The highest BCUT2D eigenvalue weighted by Gasteiger charge is 2.30. The van der Waals surface area contributed by atoms with E-state index in [-0.39, 0.29) is 37.6 Å². The number of methoxy groups -OCH3 is 1. The van der Waals surface area contributed by atoms with Crippen LogP contribution in [-0.4, -0.2) is 60.5 Å². The van der Waals surface area contributed by atoms with Crippen LogP contribution in [0.25, 0.3) is 0 Å². The van der Waals surface area contributed by atoms with Gasteiger partial charge in [0.25, 0.3) is 10.0 Å². The first-order valence-corrected chi connectivity index (χ1v) is 11.8. The number of nitrogens with one attached hydrogen (secondary N) is 1. The van der Waals surface area contributed by atoms with Crippen LogP contribution in [0.1, 0.15) is 10.4 Å². The standard InChI is InChI=1S/C18H18F2N2O7S2/c1-28-18(23)12-2-4-14(19)16(10-12)30(24,25)21-13-3-5-15(20)17(11-13)31(26,27)22-6-8-29-9-7-22/h2-5,10-11,21H,6-9H2,1H3. The molecule has 1 fully saturated rings. The summed E-state index contributed by atoms with van der Waals surface area (Å²) < 4.78 is 91.9. The molecule has 0 radical (unpaired) electrons. The maximum atomic E-state index is 14.3. The number of carbonyl (C=O) groups is 1. The zero-order valence-corrected chi connectivity index (χ0v) is 17.8. The smallest absolute Gasteiger partial charge is 0.337 e. The van der Waals surface area contributed by atoms with Gasteiger partial charge in [-0.25, -0.2) is 30.4 Å². The van der Waals surface area contributed by atoms with Gasteiger partial charge in [-0.15, -0.1) is 0 Å². The van der Waals surface area contributed by atoms with Crippen molar-refractivity contribution in [2.24, 2.45) is 0 Å². The molecule has 0 unspecified atom stereocenters. The lowest BCUT2D eigenvalue weighted by Gasteiger charge is -2.26. The van der Waals surface area contributed by atoms with E-state index in [1.54, 1.807) is 0 Å². The Morgan fingerprint density at radius 1 is 1.00 bits per heavy atom. The molecular formula is C18H18F2N2O7S2. The van der Waals surface area contributed by atoms with E-state index in [1.165, 1.54) is 0 Å². The molecule has 0 spiro atoms. The van der Waals surface area contributed by atoms with E-state index < -0.39 is 47.4 Å². The number of nitrogens with zero attached hydrogens (tertiary/aromatic N) is 1. The van der Waals surface area contributed by atoms with E-state index in [1.807, 2.05) is 4.72 Å². The van der Waals surface area contributed by atoms with E-state index in [9.17, 15) is 30.4 Å². The molecular weight excluding hydrogens is 458 g/mol. The second-order valence-corrected chi connectivity index (χ2v) is 9.96. The van der Waals surface area contributed by atoms with Crippen LogP contribution in [0.4, 0.5) is 14.5 Å². The Balaban J connectivity index is 1.96. The third-order valence-corrected chi connectivity index (χ3v) is 7.72. The van der Waals surface area contributed by atoms with Crippen LogP contribution in [0.3, 0.4) is 0 Å². The van der Waals surface area contributed by atoms with Crippen molar-refractivity contribution in [2.75, 3.05) is 38.1 Å². The number of rotatable bonds is 6. The molecule has 0 atom stereocenters. The largest absolute Gasteiger partial charge is 0.465 e. The minimum absolute atomic E-state index is 0.0171. The first-order valence-electron chi connectivity index (χ1n) is 8.84. The van der Waals surface area contributed by atoms with Crippen LogP contribution in [0.2, 0.25) is 0 Å². The highest BCUT2D eigenvalue weighted by atomic mass is 32.2. The summed E-state index contributed by atoms with van der Waals surface area (Å²) in [7, 11) is -7.77. The Kier molecular flexibility index (Phi) is 6.59. The van der Waals surface area contributed by atoms with Gasteiger partial charge in [0.2, 0.25) is 10.0 Å². The van der Waals surface area contributed by atoms with Gasteiger partial charge in [0, 0.05) is 13.1 Å². The Bertz CT molecular complexity index is 1210. The summed E-state index contributed by atoms with van der Waals surface area (Å²) in [5, 5.41) is 0. The highest BCUT2D eigenvalue weighted by molar-refractivity contribution is 7.92. The van der Waals surface area contributed by atoms with E-state index in [2.05, 4.69) is 4.74 Å². The summed E-state index contributed by atoms with van der Waals surface area (Å²) in [5.74, 6) is -3.10. The molecule has 168 valence electrons. The van der Waals surface area contributed by atoms with Crippen molar-refractivity contribution in [3.8, 4) is 0 Å². The second kappa shape index (κ2) is 8.86. The average Bonchev–Trinajstić information content (AvgIpc) is 2.75. The molecule has 13 heteroatoms. The van der Waals surface area contributed by atoms with Crippen molar-refractivity contribution >= 4 is 31.7 Å². The van der Waals surface area contributed by atoms with Crippen molar-refractivity contribution in [1.29, 1.82) is 0 Å². The average molecular weight is 476 g/mol. The fraction of sp³-hybridized carbons (Fsp3) is 0.278. The molecule has 0 aromatic heterocycles. The third-order valence-electron chi connectivity index (χ3n) is 4.41. The van der Waals surface area contributed by atoms with Gasteiger partial charge in [-0.2, -0.15) is 4.31 Å². The first-order chi connectivity index (χ1) is 14.6. The number of hydrogen-bond acceptors (Lipinski definition) is 7. The quantitative estimate of drug-likeness (QED) is 0.629. The second-order valence-electron chi connectivity index (χ2n) is 6.40. The molecule has 1 saturated heterocycles. The summed E-state index contributed by atoms with van der Waals surface area (Å²) in [6.07, 6.45) is 0. The molecule has 0 bridgehead atoms. The summed E-state index contributed by atoms with van der Waals surface area (Å²) in [6.45, 7) is 0.318. The van der Waals surface area contributed by atoms with Gasteiger partial charge in [0.15, 0.2) is 0 Å². The summed E-state index contributed by atoms with van der Waals surface area (Å²) >= 11 is 0. The van der Waals surface area contributed by atoms with Crippen molar-refractivity contribution in [2.45, 2.75) is 9.79 Å².